The van der Waals surface area contributed by atoms with E-state index in [1.807, 2.05) is 0 Å². The number of nitrogens with one attached hydrogen (secondary N) is 1. The molecule has 0 spiro atoms. The number of aromatic hydroxyl groups is 1. The lowest BCUT2D eigenvalue weighted by molar-refractivity contribution is -0.125. The molecule has 0 atom stereocenters. The van der Waals surface area contributed by atoms with Crippen molar-refractivity contribution in [3.63, 3.8) is 0 Å². The van der Waals surface area contributed by atoms with Gasteiger partial charge in [0, 0.05) is 18.0 Å². The maximum absolute atomic E-state index is 10.5. The molecule has 0 heterocycles. The topological polar surface area (TPSA) is 58.6 Å². The van der Waals surface area contributed by atoms with Crippen molar-refractivity contribution < 1.29 is 14.7 Å². The van der Waals surface area contributed by atoms with Crippen LogP contribution < -0.4 is 10.3 Å². The third-order valence-corrected chi connectivity index (χ3v) is 1.46. The van der Waals surface area contributed by atoms with E-state index < -0.39 is 0 Å². The summed E-state index contributed by atoms with van der Waals surface area (Å²) < 4.78 is 0. The van der Waals surface area contributed by atoms with Gasteiger partial charge in [0.15, 0.2) is 11.5 Å². The van der Waals surface area contributed by atoms with Crippen molar-refractivity contribution in [3.05, 3.63) is 23.2 Å². The highest BCUT2D eigenvalue weighted by Gasteiger charge is 2.03. The van der Waals surface area contributed by atoms with E-state index in [9.17, 15) is 9.90 Å². The van der Waals surface area contributed by atoms with Crippen molar-refractivity contribution in [2.45, 2.75) is 6.92 Å². The average Bonchev–Trinajstić information content (AvgIpc) is 2.02. The highest BCUT2D eigenvalue weighted by atomic mass is 35.5. The van der Waals surface area contributed by atoms with Crippen LogP contribution in [-0.4, -0.2) is 11.0 Å². The lowest BCUT2D eigenvalue weighted by Crippen LogP contribution is -2.23. The van der Waals surface area contributed by atoms with Gasteiger partial charge in [0.05, 0.1) is 0 Å². The summed E-state index contributed by atoms with van der Waals surface area (Å²) in [5.74, 6) is -0.324. The number of benzene rings is 1. The van der Waals surface area contributed by atoms with E-state index in [1.165, 1.54) is 19.1 Å². The molecular weight excluding hydrogens is 194 g/mol. The van der Waals surface area contributed by atoms with Crippen molar-refractivity contribution in [3.8, 4) is 11.5 Å². The number of carbonyl (C=O) groups is 1. The molecule has 0 aliphatic rings. The Kier molecular flexibility index (Phi) is 2.97. The van der Waals surface area contributed by atoms with Crippen LogP contribution in [0.2, 0.25) is 5.02 Å². The molecule has 0 saturated heterocycles. The number of hydroxylamine groups is 1. The van der Waals surface area contributed by atoms with Gasteiger partial charge in [-0.3, -0.25) is 4.79 Å². The molecule has 2 N–H and O–H groups in total. The predicted molar refractivity (Wildman–Crippen MR) is 47.6 cm³/mol. The summed E-state index contributed by atoms with van der Waals surface area (Å²) in [4.78, 5) is 15.2. The molecular formula is C8H8ClNO3. The zero-order chi connectivity index (χ0) is 9.84. The second-order valence-electron chi connectivity index (χ2n) is 2.37. The summed E-state index contributed by atoms with van der Waals surface area (Å²) >= 11 is 5.58. The molecule has 1 aromatic carbocycles. The third kappa shape index (κ3) is 2.83. The van der Waals surface area contributed by atoms with E-state index in [4.69, 9.17) is 16.4 Å². The number of halogens is 1. The Morgan fingerprint density at radius 1 is 1.62 bits per heavy atom. The first-order valence-corrected chi connectivity index (χ1v) is 3.89. The van der Waals surface area contributed by atoms with Gasteiger partial charge in [-0.2, -0.15) is 5.48 Å². The second-order valence-corrected chi connectivity index (χ2v) is 2.81. The van der Waals surface area contributed by atoms with Crippen LogP contribution in [0.25, 0.3) is 0 Å². The molecule has 0 bridgehead atoms. The molecule has 0 fully saturated rings. The van der Waals surface area contributed by atoms with E-state index in [1.54, 1.807) is 6.07 Å². The molecule has 1 amide bonds. The fourth-order valence-corrected chi connectivity index (χ4v) is 0.870. The zero-order valence-electron chi connectivity index (χ0n) is 6.87. The summed E-state index contributed by atoms with van der Waals surface area (Å²) in [5.41, 5.74) is 2.08. The van der Waals surface area contributed by atoms with Gasteiger partial charge < -0.3 is 9.94 Å². The Labute approximate surface area is 80.0 Å². The molecule has 1 rings (SSSR count). The lowest BCUT2D eigenvalue weighted by Gasteiger charge is -2.06. The highest BCUT2D eigenvalue weighted by Crippen LogP contribution is 2.27. The molecule has 5 heteroatoms. The maximum atomic E-state index is 10.5. The summed E-state index contributed by atoms with van der Waals surface area (Å²) in [6, 6.07) is 4.31. The second kappa shape index (κ2) is 4.00. The maximum Gasteiger partial charge on any atom is 0.249 e. The number of rotatable bonds is 2. The van der Waals surface area contributed by atoms with Crippen LogP contribution in [0, 0.1) is 0 Å². The largest absolute Gasteiger partial charge is 0.504 e. The first-order valence-electron chi connectivity index (χ1n) is 3.51. The fraction of sp³-hybridized carbons (Fsp3) is 0.125. The van der Waals surface area contributed by atoms with Crippen LogP contribution in [-0.2, 0) is 4.79 Å². The van der Waals surface area contributed by atoms with Gasteiger partial charge >= 0.3 is 0 Å². The normalized spacial score (nSPS) is 9.38. The molecule has 70 valence electrons. The molecule has 0 aliphatic heterocycles. The first kappa shape index (κ1) is 9.67. The molecule has 0 radical (unpaired) electrons. The summed E-state index contributed by atoms with van der Waals surface area (Å²) in [5, 5.41) is 9.64. The van der Waals surface area contributed by atoms with Gasteiger partial charge in [0.1, 0.15) is 0 Å². The molecule has 0 aromatic heterocycles. The third-order valence-electron chi connectivity index (χ3n) is 1.23. The van der Waals surface area contributed by atoms with Crippen LogP contribution in [0.4, 0.5) is 0 Å². The van der Waals surface area contributed by atoms with Crippen molar-refractivity contribution >= 4 is 17.5 Å². The minimum absolute atomic E-state index is 0.124. The predicted octanol–water partition coefficient (Wildman–Crippen LogP) is 1.48. The Balaban J connectivity index is 2.72. The van der Waals surface area contributed by atoms with Crippen molar-refractivity contribution in [1.29, 1.82) is 0 Å². The van der Waals surface area contributed by atoms with Gasteiger partial charge in [-0.15, -0.1) is 0 Å². The van der Waals surface area contributed by atoms with E-state index in [0.29, 0.717) is 5.02 Å². The number of phenols is 1. The molecule has 0 aliphatic carbocycles. The van der Waals surface area contributed by atoms with Crippen LogP contribution in [0.1, 0.15) is 6.92 Å². The molecule has 13 heavy (non-hydrogen) atoms. The average molecular weight is 202 g/mol. The van der Waals surface area contributed by atoms with Gasteiger partial charge in [0.2, 0.25) is 5.91 Å². The minimum atomic E-state index is -0.352. The number of hydrogen-bond donors (Lipinski definition) is 2. The number of phenolic OH excluding ortho intramolecular Hbond substituents is 1. The summed E-state index contributed by atoms with van der Waals surface area (Å²) in [6.45, 7) is 1.30. The van der Waals surface area contributed by atoms with Crippen LogP contribution in [0.15, 0.2) is 18.2 Å². The highest BCUT2D eigenvalue weighted by molar-refractivity contribution is 6.30. The number of hydrogen-bond acceptors (Lipinski definition) is 3. The van der Waals surface area contributed by atoms with Gasteiger partial charge in [-0.05, 0) is 12.1 Å². The molecule has 0 unspecified atom stereocenters. The van der Waals surface area contributed by atoms with Crippen molar-refractivity contribution in [1.82, 2.24) is 5.48 Å². The van der Waals surface area contributed by atoms with Crippen LogP contribution in [0.5, 0.6) is 11.5 Å². The van der Waals surface area contributed by atoms with E-state index >= 15 is 0 Å². The summed E-state index contributed by atoms with van der Waals surface area (Å²) in [6.07, 6.45) is 0. The van der Waals surface area contributed by atoms with Crippen molar-refractivity contribution in [2.24, 2.45) is 0 Å². The SMILES string of the molecule is CC(=O)NOc1ccc(Cl)cc1O. The summed E-state index contributed by atoms with van der Waals surface area (Å²) in [7, 11) is 0. The molecule has 4 nitrogen and oxygen atoms in total. The minimum Gasteiger partial charge on any atom is -0.504 e. The fourth-order valence-electron chi connectivity index (χ4n) is 0.704. The lowest BCUT2D eigenvalue weighted by atomic mass is 10.3. The Morgan fingerprint density at radius 3 is 2.85 bits per heavy atom. The van der Waals surface area contributed by atoms with Gasteiger partial charge in [-0.1, -0.05) is 11.6 Å². The Morgan fingerprint density at radius 2 is 2.31 bits per heavy atom. The first-order chi connectivity index (χ1) is 6.09. The van der Waals surface area contributed by atoms with E-state index in [0.717, 1.165) is 0 Å². The molecule has 1 aromatic rings. The zero-order valence-corrected chi connectivity index (χ0v) is 7.63. The van der Waals surface area contributed by atoms with Crippen molar-refractivity contribution in [2.75, 3.05) is 0 Å². The quantitative estimate of drug-likeness (QED) is 0.713. The number of amides is 1. The van der Waals surface area contributed by atoms with Gasteiger partial charge in [-0.25, -0.2) is 0 Å². The standard InChI is InChI=1S/C8H8ClNO3/c1-5(11)10-13-8-3-2-6(9)4-7(8)12/h2-4,12H,1H3,(H,10,11). The smallest absolute Gasteiger partial charge is 0.249 e. The van der Waals surface area contributed by atoms with E-state index in [-0.39, 0.29) is 17.4 Å². The van der Waals surface area contributed by atoms with Crippen LogP contribution in [0.3, 0.4) is 0 Å². The molecule has 0 saturated carbocycles. The monoisotopic (exact) mass is 201 g/mol. The van der Waals surface area contributed by atoms with E-state index in [2.05, 4.69) is 5.48 Å². The van der Waals surface area contributed by atoms with Gasteiger partial charge in [0.25, 0.3) is 0 Å². The Bertz CT molecular complexity index is 327. The number of carbonyl (C=O) groups excluding carboxylic acids is 1. The Hall–Kier alpha value is -1.42. The van der Waals surface area contributed by atoms with Crippen LogP contribution >= 0.6 is 11.6 Å².